The maximum atomic E-state index is 0. The second kappa shape index (κ2) is 57.6. The van der Waals surface area contributed by atoms with E-state index in [4.69, 9.17) is 0 Å². The molecule has 0 N–H and O–H groups in total. The Morgan fingerprint density at radius 1 is 0.429 bits per heavy atom. The van der Waals surface area contributed by atoms with Gasteiger partial charge in [-0.1, -0.05) is 0 Å². The van der Waals surface area contributed by atoms with Crippen molar-refractivity contribution in [1.82, 2.24) is 0 Å². The van der Waals surface area contributed by atoms with Crippen molar-refractivity contribution in [1.29, 1.82) is 0 Å². The summed E-state index contributed by atoms with van der Waals surface area (Å²) in [6, 6.07) is 0. The number of rotatable bonds is 0. The molecule has 0 aliphatic heterocycles. The van der Waals surface area contributed by atoms with Crippen molar-refractivity contribution >= 4 is 52.4 Å². The third-order valence-corrected chi connectivity index (χ3v) is 0. The summed E-state index contributed by atoms with van der Waals surface area (Å²) in [5, 5.41) is 0. The molecule has 0 amide bonds. The zero-order valence-electron chi connectivity index (χ0n) is 3.12. The molecule has 3 nitrogen and oxygen atoms in total. The molecular weight excluding hydrogens is 823 g/mol. The first-order chi connectivity index (χ1) is 0. The van der Waals surface area contributed by atoms with Gasteiger partial charge in [0.1, 0.15) is 0 Å². The summed E-state index contributed by atoms with van der Waals surface area (Å²) in [5.74, 6) is 0. The average Bonchev–Trinajstić information content (AvgIpc) is 0. The van der Waals surface area contributed by atoms with Crippen molar-refractivity contribution in [3.05, 3.63) is 0 Å². The minimum Gasteiger partial charge on any atom is -2.00 e. The Morgan fingerprint density at radius 3 is 0.429 bits per heavy atom. The SMILES string of the molecule is [Bi+3].[Bi+3].[Hf].[Hf].[O-2].[O-2].[O-2]. The van der Waals surface area contributed by atoms with E-state index in [2.05, 4.69) is 0 Å². The van der Waals surface area contributed by atoms with E-state index < -0.39 is 0 Å². The molecule has 4 radical (unpaired) electrons. The van der Waals surface area contributed by atoms with Crippen molar-refractivity contribution in [2.24, 2.45) is 0 Å². The maximum Gasteiger partial charge on any atom is 3.00 e. The second-order valence-corrected chi connectivity index (χ2v) is 0. The Hall–Kier alpha value is 3.39. The fourth-order valence-electron chi connectivity index (χ4n) is 0. The smallest absolute Gasteiger partial charge is 2.00 e. The molecule has 0 heterocycles. The molecule has 0 aliphatic rings. The molecule has 0 aromatic carbocycles. The van der Waals surface area contributed by atoms with Crippen molar-refractivity contribution in [3.8, 4) is 0 Å². The maximum absolute atomic E-state index is 0. The molecule has 0 rings (SSSR count). The standard InChI is InChI=1S/2Bi.2Hf.3O/q2*+3;;;3*-2. The first-order valence-corrected chi connectivity index (χ1v) is 0. The van der Waals surface area contributed by atoms with Gasteiger partial charge >= 0.3 is 52.4 Å². The van der Waals surface area contributed by atoms with Crippen molar-refractivity contribution in [2.75, 3.05) is 0 Å². The van der Waals surface area contributed by atoms with Gasteiger partial charge in [-0.25, -0.2) is 0 Å². The zero-order valence-corrected chi connectivity index (χ0v) is 17.3. The van der Waals surface area contributed by atoms with Gasteiger partial charge in [-0.2, -0.15) is 0 Å². The van der Waals surface area contributed by atoms with E-state index in [1.54, 1.807) is 0 Å². The van der Waals surface area contributed by atoms with Gasteiger partial charge in [0.25, 0.3) is 0 Å². The van der Waals surface area contributed by atoms with Crippen LogP contribution >= 0.6 is 0 Å². The molecule has 36 valence electrons. The largest absolute Gasteiger partial charge is 3.00 e. The second-order valence-electron chi connectivity index (χ2n) is 0. The molecule has 7 heavy (non-hydrogen) atoms. The molecule has 0 saturated heterocycles. The van der Waals surface area contributed by atoms with Crippen LogP contribution in [0.3, 0.4) is 0 Å². The Balaban J connectivity index is 0. The monoisotopic (exact) mass is 826 g/mol. The topological polar surface area (TPSA) is 85.5 Å². The Labute approximate surface area is 118 Å². The fourth-order valence-corrected chi connectivity index (χ4v) is 0. The molecule has 0 aromatic heterocycles. The van der Waals surface area contributed by atoms with Crippen LogP contribution in [0.25, 0.3) is 0 Å². The normalized spacial score (nSPS) is 0. The molecule has 7 heteroatoms. The van der Waals surface area contributed by atoms with Gasteiger partial charge in [0.2, 0.25) is 0 Å². The minimum absolute atomic E-state index is 0. The van der Waals surface area contributed by atoms with Crippen LogP contribution in [0.5, 0.6) is 0 Å². The van der Waals surface area contributed by atoms with Gasteiger partial charge in [0, 0.05) is 51.7 Å². The molecule has 0 atom stereocenters. The summed E-state index contributed by atoms with van der Waals surface area (Å²) < 4.78 is 0. The number of hydrogen-bond donors (Lipinski definition) is 0. The van der Waals surface area contributed by atoms with Crippen LogP contribution < -0.4 is 0 Å². The molecule has 0 saturated carbocycles. The quantitative estimate of drug-likeness (QED) is 0.278. The zero-order chi connectivity index (χ0) is 0. The van der Waals surface area contributed by atoms with Gasteiger partial charge in [0.15, 0.2) is 0 Å². The molecule has 0 unspecified atom stereocenters. The summed E-state index contributed by atoms with van der Waals surface area (Å²) in [6.07, 6.45) is 0. The van der Waals surface area contributed by atoms with E-state index in [-0.39, 0.29) is 121 Å². The minimum atomic E-state index is 0. The van der Waals surface area contributed by atoms with E-state index in [0.717, 1.165) is 0 Å². The van der Waals surface area contributed by atoms with Gasteiger partial charge in [-0.05, 0) is 0 Å². The third kappa shape index (κ3) is 44.7. The van der Waals surface area contributed by atoms with E-state index >= 15 is 0 Å². The van der Waals surface area contributed by atoms with Gasteiger partial charge in [-0.3, -0.25) is 0 Å². The van der Waals surface area contributed by atoms with Crippen LogP contribution in [0, 0.1) is 0 Å². The predicted molar refractivity (Wildman–Crippen MR) is 13.6 cm³/mol. The average molecular weight is 823 g/mol. The predicted octanol–water partition coefficient (Wildman–Crippen LogP) is -1.12. The van der Waals surface area contributed by atoms with Crippen LogP contribution in [0.1, 0.15) is 0 Å². The fraction of sp³-hybridized carbons (Fsp3) is 0. The van der Waals surface area contributed by atoms with E-state index in [1.165, 1.54) is 0 Å². The molecule has 0 fully saturated rings. The van der Waals surface area contributed by atoms with Crippen molar-refractivity contribution < 1.29 is 68.1 Å². The van der Waals surface area contributed by atoms with Crippen molar-refractivity contribution in [2.45, 2.75) is 0 Å². The van der Waals surface area contributed by atoms with E-state index in [9.17, 15) is 0 Å². The first-order valence-electron chi connectivity index (χ1n) is 0. The van der Waals surface area contributed by atoms with Crippen LogP contribution in [-0.2, 0) is 68.1 Å². The summed E-state index contributed by atoms with van der Waals surface area (Å²) in [6.45, 7) is 0. The van der Waals surface area contributed by atoms with Crippen LogP contribution in [0.2, 0.25) is 0 Å². The number of hydrogen-bond acceptors (Lipinski definition) is 0. The third-order valence-electron chi connectivity index (χ3n) is 0. The summed E-state index contributed by atoms with van der Waals surface area (Å²) in [4.78, 5) is 0. The Morgan fingerprint density at radius 2 is 0.429 bits per heavy atom. The van der Waals surface area contributed by atoms with Crippen molar-refractivity contribution in [3.63, 3.8) is 0 Å². The summed E-state index contributed by atoms with van der Waals surface area (Å²) in [7, 11) is 0. The van der Waals surface area contributed by atoms with Crippen LogP contribution in [0.15, 0.2) is 0 Å². The van der Waals surface area contributed by atoms with Gasteiger partial charge < -0.3 is 16.4 Å². The Bertz CT molecular complexity index is 10.9. The molecule has 0 spiro atoms. The molecule has 0 bridgehead atoms. The Kier molecular flexibility index (Phi) is 656. The summed E-state index contributed by atoms with van der Waals surface area (Å²) in [5.41, 5.74) is 0. The molecular formula is Bi2Hf2O3. The molecule has 0 aromatic rings. The van der Waals surface area contributed by atoms with Gasteiger partial charge in [-0.15, -0.1) is 0 Å². The van der Waals surface area contributed by atoms with E-state index in [0.29, 0.717) is 0 Å². The summed E-state index contributed by atoms with van der Waals surface area (Å²) >= 11 is 0. The van der Waals surface area contributed by atoms with Crippen LogP contribution in [0.4, 0.5) is 0 Å². The van der Waals surface area contributed by atoms with Crippen LogP contribution in [-0.4, -0.2) is 52.4 Å². The first kappa shape index (κ1) is 79.8. The molecule has 0 aliphatic carbocycles. The van der Waals surface area contributed by atoms with Gasteiger partial charge in [0.05, 0.1) is 0 Å². The van der Waals surface area contributed by atoms with E-state index in [1.807, 2.05) is 0 Å².